The number of nitrogens with one attached hydrogen (secondary N) is 1. The molecule has 0 aliphatic carbocycles. The molecule has 0 saturated heterocycles. The Labute approximate surface area is 171 Å². The number of halogens is 3. The molecule has 7 heteroatoms. The Bertz CT molecular complexity index is 1200. The van der Waals surface area contributed by atoms with E-state index in [-0.39, 0.29) is 0 Å². The number of pyridine rings is 1. The first kappa shape index (κ1) is 20.2. The van der Waals surface area contributed by atoms with E-state index >= 15 is 0 Å². The van der Waals surface area contributed by atoms with Crippen LogP contribution in [0.15, 0.2) is 48.7 Å². The van der Waals surface area contributed by atoms with E-state index in [0.717, 1.165) is 41.1 Å². The number of nitrogens with two attached hydrogens (primary N) is 1. The van der Waals surface area contributed by atoms with Crippen molar-refractivity contribution in [3.63, 3.8) is 0 Å². The molecule has 2 aromatic heterocycles. The number of hydrogen-bond donors (Lipinski definition) is 2. The fraction of sp³-hybridized carbons (Fsp3) is 0.261. The monoisotopic (exact) mass is 413 g/mol. The quantitative estimate of drug-likeness (QED) is 0.399. The van der Waals surface area contributed by atoms with Crippen LogP contribution >= 0.6 is 0 Å². The smallest absolute Gasteiger partial charge is 0.416 e. The molecule has 0 aliphatic heterocycles. The second-order valence-electron chi connectivity index (χ2n) is 7.20. The van der Waals surface area contributed by atoms with Crippen LogP contribution in [0.5, 0.6) is 5.75 Å². The van der Waals surface area contributed by atoms with E-state index < -0.39 is 11.7 Å². The number of unbranched alkanes of at least 4 members (excludes halogenated alkanes) is 1. The molecule has 0 amide bonds. The van der Waals surface area contributed by atoms with Crippen LogP contribution in [-0.4, -0.2) is 23.6 Å². The van der Waals surface area contributed by atoms with Crippen LogP contribution in [0.2, 0.25) is 0 Å². The summed E-state index contributed by atoms with van der Waals surface area (Å²) < 4.78 is 45.4. The number of fused-ring (bicyclic) bond motifs is 2. The van der Waals surface area contributed by atoms with Crippen molar-refractivity contribution in [2.45, 2.75) is 25.4 Å². The van der Waals surface area contributed by atoms with Gasteiger partial charge in [-0.05, 0) is 67.8 Å². The summed E-state index contributed by atoms with van der Waals surface area (Å²) in [6.07, 6.45) is -0.481. The predicted molar refractivity (Wildman–Crippen MR) is 113 cm³/mol. The fourth-order valence-electron chi connectivity index (χ4n) is 3.89. The zero-order chi connectivity index (χ0) is 21.3. The number of aryl methyl sites for hydroxylation is 1. The van der Waals surface area contributed by atoms with Crippen LogP contribution < -0.4 is 10.5 Å². The lowest BCUT2D eigenvalue weighted by Crippen LogP contribution is -2.04. The molecule has 2 heterocycles. The van der Waals surface area contributed by atoms with Crippen LogP contribution in [0.3, 0.4) is 0 Å². The van der Waals surface area contributed by atoms with Crippen molar-refractivity contribution in [3.05, 3.63) is 59.8 Å². The Morgan fingerprint density at radius 1 is 1.07 bits per heavy atom. The van der Waals surface area contributed by atoms with E-state index in [1.54, 1.807) is 13.3 Å². The van der Waals surface area contributed by atoms with E-state index in [2.05, 4.69) is 9.97 Å². The largest absolute Gasteiger partial charge is 0.494 e. The van der Waals surface area contributed by atoms with E-state index in [9.17, 15) is 13.2 Å². The number of nitrogens with zero attached hydrogens (tertiary/aromatic N) is 1. The highest BCUT2D eigenvalue weighted by Crippen LogP contribution is 2.39. The summed E-state index contributed by atoms with van der Waals surface area (Å²) in [4.78, 5) is 7.79. The first-order valence-corrected chi connectivity index (χ1v) is 9.78. The Balaban J connectivity index is 1.96. The molecule has 4 rings (SSSR count). The van der Waals surface area contributed by atoms with Crippen molar-refractivity contribution in [2.75, 3.05) is 13.7 Å². The standard InChI is InChI=1S/C23H22F3N3O/c1-30-20-10-8-17(15-6-4-12-28-22(15)20)21-16(5-2-3-11-27)18-13-14(23(24,25)26)7-9-19(18)29-21/h4,6-10,12-13,29H,2-3,5,11,27H2,1H3. The van der Waals surface area contributed by atoms with Crippen molar-refractivity contribution in [2.24, 2.45) is 5.73 Å². The summed E-state index contributed by atoms with van der Waals surface area (Å²) in [5.74, 6) is 0.648. The van der Waals surface area contributed by atoms with Gasteiger partial charge in [0.1, 0.15) is 11.3 Å². The molecule has 4 nitrogen and oxygen atoms in total. The molecule has 0 atom stereocenters. The molecule has 0 aliphatic rings. The van der Waals surface area contributed by atoms with Gasteiger partial charge in [0, 0.05) is 28.0 Å². The van der Waals surface area contributed by atoms with Gasteiger partial charge < -0.3 is 15.5 Å². The molecule has 0 bridgehead atoms. The molecular weight excluding hydrogens is 391 g/mol. The molecule has 156 valence electrons. The highest BCUT2D eigenvalue weighted by Gasteiger charge is 2.31. The van der Waals surface area contributed by atoms with Crippen LogP contribution in [-0.2, 0) is 12.6 Å². The predicted octanol–water partition coefficient (Wildman–Crippen LogP) is 5.69. The van der Waals surface area contributed by atoms with Crippen LogP contribution in [0.4, 0.5) is 13.2 Å². The zero-order valence-electron chi connectivity index (χ0n) is 16.5. The lowest BCUT2D eigenvalue weighted by atomic mass is 9.97. The second kappa shape index (κ2) is 7.99. The topological polar surface area (TPSA) is 63.9 Å². The van der Waals surface area contributed by atoms with Crippen LogP contribution in [0.1, 0.15) is 24.0 Å². The molecule has 2 aromatic carbocycles. The molecule has 0 spiro atoms. The summed E-state index contributed by atoms with van der Waals surface area (Å²) in [7, 11) is 1.59. The van der Waals surface area contributed by atoms with Gasteiger partial charge in [0.2, 0.25) is 0 Å². The second-order valence-corrected chi connectivity index (χ2v) is 7.20. The number of methoxy groups -OCH3 is 1. The summed E-state index contributed by atoms with van der Waals surface area (Å²) in [6.45, 7) is 0.543. The lowest BCUT2D eigenvalue weighted by Gasteiger charge is -2.11. The van der Waals surface area contributed by atoms with Crippen molar-refractivity contribution in [1.82, 2.24) is 9.97 Å². The maximum atomic E-state index is 13.3. The van der Waals surface area contributed by atoms with E-state index in [1.165, 1.54) is 12.1 Å². The van der Waals surface area contributed by atoms with Gasteiger partial charge in [-0.25, -0.2) is 0 Å². The molecule has 0 saturated carbocycles. The minimum absolute atomic E-state index is 0.543. The summed E-state index contributed by atoms with van der Waals surface area (Å²) in [6, 6.07) is 11.4. The molecule has 4 aromatic rings. The average molecular weight is 413 g/mol. The number of aromatic amines is 1. The van der Waals surface area contributed by atoms with Gasteiger partial charge in [0.05, 0.1) is 18.4 Å². The Morgan fingerprint density at radius 3 is 2.63 bits per heavy atom. The van der Waals surface area contributed by atoms with Gasteiger partial charge >= 0.3 is 6.18 Å². The van der Waals surface area contributed by atoms with E-state index in [4.69, 9.17) is 10.5 Å². The summed E-state index contributed by atoms with van der Waals surface area (Å²) >= 11 is 0. The van der Waals surface area contributed by atoms with Gasteiger partial charge in [-0.3, -0.25) is 4.98 Å². The van der Waals surface area contributed by atoms with Gasteiger partial charge in [-0.2, -0.15) is 13.2 Å². The van der Waals surface area contributed by atoms with Gasteiger partial charge in [0.15, 0.2) is 0 Å². The normalized spacial score (nSPS) is 12.0. The third-order valence-electron chi connectivity index (χ3n) is 5.34. The molecule has 3 N–H and O–H groups in total. The Kier molecular flexibility index (Phi) is 5.39. The number of benzene rings is 2. The minimum Gasteiger partial charge on any atom is -0.494 e. The zero-order valence-corrected chi connectivity index (χ0v) is 16.5. The SMILES string of the molecule is COc1ccc(-c2[nH]c3ccc(C(F)(F)F)cc3c2CCCCN)c2cccnc12. The van der Waals surface area contributed by atoms with E-state index in [0.29, 0.717) is 35.1 Å². The molecule has 30 heavy (non-hydrogen) atoms. The third-order valence-corrected chi connectivity index (χ3v) is 5.34. The number of alkyl halides is 3. The Hall–Kier alpha value is -3.06. The average Bonchev–Trinajstić information content (AvgIpc) is 3.10. The number of aromatic nitrogens is 2. The van der Waals surface area contributed by atoms with Crippen LogP contribution in [0.25, 0.3) is 33.1 Å². The first-order chi connectivity index (χ1) is 14.4. The highest BCUT2D eigenvalue weighted by molar-refractivity contribution is 6.01. The van der Waals surface area contributed by atoms with Crippen molar-refractivity contribution >= 4 is 21.8 Å². The number of ether oxygens (including phenoxy) is 1. The number of H-pyrrole nitrogens is 1. The first-order valence-electron chi connectivity index (χ1n) is 9.78. The lowest BCUT2D eigenvalue weighted by molar-refractivity contribution is -0.137. The maximum absolute atomic E-state index is 13.3. The van der Waals surface area contributed by atoms with Gasteiger partial charge in [-0.1, -0.05) is 6.07 Å². The number of rotatable bonds is 6. The molecule has 0 fully saturated rings. The van der Waals surface area contributed by atoms with Crippen molar-refractivity contribution in [1.29, 1.82) is 0 Å². The van der Waals surface area contributed by atoms with Crippen molar-refractivity contribution in [3.8, 4) is 17.0 Å². The summed E-state index contributed by atoms with van der Waals surface area (Å²) in [5, 5.41) is 1.46. The van der Waals surface area contributed by atoms with Gasteiger partial charge in [-0.15, -0.1) is 0 Å². The highest BCUT2D eigenvalue weighted by atomic mass is 19.4. The third kappa shape index (κ3) is 3.61. The molecular formula is C23H22F3N3O. The minimum atomic E-state index is -4.39. The Morgan fingerprint density at radius 2 is 1.90 bits per heavy atom. The van der Waals surface area contributed by atoms with Crippen LogP contribution in [0, 0.1) is 0 Å². The molecule has 0 radical (unpaired) electrons. The summed E-state index contributed by atoms with van der Waals surface area (Å²) in [5.41, 5.74) is 8.92. The maximum Gasteiger partial charge on any atom is 0.416 e. The fourth-order valence-corrected chi connectivity index (χ4v) is 3.89. The van der Waals surface area contributed by atoms with E-state index in [1.807, 2.05) is 24.3 Å². The van der Waals surface area contributed by atoms with Gasteiger partial charge in [0.25, 0.3) is 0 Å². The number of hydrogen-bond acceptors (Lipinski definition) is 3. The molecule has 0 unspecified atom stereocenters. The van der Waals surface area contributed by atoms with Crippen molar-refractivity contribution < 1.29 is 17.9 Å².